The average molecular weight is 319 g/mol. The topological polar surface area (TPSA) is 47.4 Å². The molecule has 5 nitrogen and oxygen atoms in total. The molecule has 128 valence electrons. The van der Waals surface area contributed by atoms with Crippen molar-refractivity contribution < 1.29 is 9.53 Å². The molecule has 0 amide bonds. The van der Waals surface area contributed by atoms with Crippen LogP contribution in [0.3, 0.4) is 0 Å². The van der Waals surface area contributed by atoms with Crippen molar-refractivity contribution in [3.05, 3.63) is 17.0 Å². The number of aromatic nitrogens is 2. The molecule has 0 saturated heterocycles. The lowest BCUT2D eigenvalue weighted by molar-refractivity contribution is -0.143. The van der Waals surface area contributed by atoms with Gasteiger partial charge in [0.15, 0.2) is 0 Å². The molecule has 0 aromatic carbocycles. The van der Waals surface area contributed by atoms with Gasteiger partial charge < -0.3 is 9.64 Å². The highest BCUT2D eigenvalue weighted by atomic mass is 16.5. The Bertz CT molecular complexity index is 547. The molecule has 0 atom stereocenters. The standard InChI is InChI=1S/C18H29N3O2/c1-3-23-17(22)10-12-21-16-9-11-20(2)13-15(16)18(19-21)14-7-5-4-6-8-14/h14H,3-13H2,1-2H3. The Labute approximate surface area is 139 Å². The number of hydrogen-bond acceptors (Lipinski definition) is 4. The molecule has 1 saturated carbocycles. The third kappa shape index (κ3) is 3.77. The molecule has 2 aliphatic rings. The van der Waals surface area contributed by atoms with Gasteiger partial charge in [0.25, 0.3) is 0 Å². The van der Waals surface area contributed by atoms with E-state index in [1.807, 2.05) is 6.92 Å². The van der Waals surface area contributed by atoms with Gasteiger partial charge in [-0.1, -0.05) is 19.3 Å². The van der Waals surface area contributed by atoms with Crippen LogP contribution in [0.25, 0.3) is 0 Å². The predicted molar refractivity (Wildman–Crippen MR) is 89.3 cm³/mol. The van der Waals surface area contributed by atoms with Crippen LogP contribution in [-0.4, -0.2) is 40.8 Å². The molecule has 2 heterocycles. The van der Waals surface area contributed by atoms with Crippen LogP contribution in [-0.2, 0) is 29.0 Å². The minimum atomic E-state index is -0.121. The van der Waals surface area contributed by atoms with Gasteiger partial charge in [0.1, 0.15) is 0 Å². The third-order valence-electron chi connectivity index (χ3n) is 5.18. The second-order valence-corrected chi connectivity index (χ2v) is 6.91. The maximum Gasteiger partial charge on any atom is 0.307 e. The summed E-state index contributed by atoms with van der Waals surface area (Å²) in [5.74, 6) is 0.497. The van der Waals surface area contributed by atoms with Crippen LogP contribution in [0.2, 0.25) is 0 Å². The van der Waals surface area contributed by atoms with Crippen molar-refractivity contribution >= 4 is 5.97 Å². The van der Waals surface area contributed by atoms with E-state index in [0.29, 0.717) is 25.5 Å². The lowest BCUT2D eigenvalue weighted by Gasteiger charge is -2.26. The highest BCUT2D eigenvalue weighted by Gasteiger charge is 2.28. The number of nitrogens with zero attached hydrogens (tertiary/aromatic N) is 3. The zero-order valence-electron chi connectivity index (χ0n) is 14.5. The van der Waals surface area contributed by atoms with Gasteiger partial charge >= 0.3 is 5.97 Å². The van der Waals surface area contributed by atoms with E-state index in [1.54, 1.807) is 0 Å². The number of fused-ring (bicyclic) bond motifs is 1. The van der Waals surface area contributed by atoms with Gasteiger partial charge in [-0.2, -0.15) is 5.10 Å². The zero-order valence-corrected chi connectivity index (χ0v) is 14.5. The second-order valence-electron chi connectivity index (χ2n) is 6.91. The molecule has 1 aromatic heterocycles. The maximum absolute atomic E-state index is 11.7. The quantitative estimate of drug-likeness (QED) is 0.783. The SMILES string of the molecule is CCOC(=O)CCn1nc(C2CCCCC2)c2c1CCN(C)C2. The molecule has 1 aliphatic heterocycles. The Morgan fingerprint density at radius 3 is 2.83 bits per heavy atom. The Kier molecular flexibility index (Phi) is 5.36. The van der Waals surface area contributed by atoms with Gasteiger partial charge in [0.05, 0.1) is 25.3 Å². The number of hydrogen-bond donors (Lipinski definition) is 0. The van der Waals surface area contributed by atoms with E-state index in [-0.39, 0.29) is 5.97 Å². The van der Waals surface area contributed by atoms with Crippen LogP contribution in [0, 0.1) is 0 Å². The van der Waals surface area contributed by atoms with Crippen LogP contribution in [0.4, 0.5) is 0 Å². The van der Waals surface area contributed by atoms with E-state index in [2.05, 4.69) is 16.6 Å². The van der Waals surface area contributed by atoms with Crippen molar-refractivity contribution in [1.82, 2.24) is 14.7 Å². The molecule has 0 spiro atoms. The lowest BCUT2D eigenvalue weighted by atomic mass is 9.84. The highest BCUT2D eigenvalue weighted by Crippen LogP contribution is 2.36. The summed E-state index contributed by atoms with van der Waals surface area (Å²) in [6.07, 6.45) is 8.00. The Balaban J connectivity index is 1.80. The Hall–Kier alpha value is -1.36. The van der Waals surface area contributed by atoms with Gasteiger partial charge in [-0.25, -0.2) is 0 Å². The van der Waals surface area contributed by atoms with Crippen molar-refractivity contribution in [3.8, 4) is 0 Å². The summed E-state index contributed by atoms with van der Waals surface area (Å²) in [6, 6.07) is 0. The average Bonchev–Trinajstić information content (AvgIpc) is 2.92. The van der Waals surface area contributed by atoms with Crippen molar-refractivity contribution in [2.75, 3.05) is 20.2 Å². The van der Waals surface area contributed by atoms with E-state index in [9.17, 15) is 4.79 Å². The monoisotopic (exact) mass is 319 g/mol. The fourth-order valence-electron chi connectivity index (χ4n) is 3.97. The smallest absolute Gasteiger partial charge is 0.307 e. The first-order valence-corrected chi connectivity index (χ1v) is 9.11. The van der Waals surface area contributed by atoms with Gasteiger partial charge in [0.2, 0.25) is 0 Å². The first kappa shape index (κ1) is 16.5. The van der Waals surface area contributed by atoms with E-state index < -0.39 is 0 Å². The summed E-state index contributed by atoms with van der Waals surface area (Å²) in [6.45, 7) is 5.03. The molecular formula is C18H29N3O2. The summed E-state index contributed by atoms with van der Waals surface area (Å²) >= 11 is 0. The van der Waals surface area contributed by atoms with Crippen molar-refractivity contribution in [3.63, 3.8) is 0 Å². The van der Waals surface area contributed by atoms with Crippen LogP contribution in [0.1, 0.15) is 68.3 Å². The molecule has 1 fully saturated rings. The fourth-order valence-corrected chi connectivity index (χ4v) is 3.97. The molecule has 1 aliphatic carbocycles. The molecule has 23 heavy (non-hydrogen) atoms. The first-order valence-electron chi connectivity index (χ1n) is 9.11. The summed E-state index contributed by atoms with van der Waals surface area (Å²) in [5.41, 5.74) is 4.11. The molecule has 0 N–H and O–H groups in total. The second kappa shape index (κ2) is 7.47. The van der Waals surface area contributed by atoms with Crippen LogP contribution in [0.15, 0.2) is 0 Å². The number of rotatable bonds is 5. The Morgan fingerprint density at radius 2 is 2.09 bits per heavy atom. The molecular weight excluding hydrogens is 290 g/mol. The van der Waals surface area contributed by atoms with Crippen LogP contribution in [0.5, 0.6) is 0 Å². The number of carbonyl (C=O) groups is 1. The van der Waals surface area contributed by atoms with Crippen molar-refractivity contribution in [1.29, 1.82) is 0 Å². The number of likely N-dealkylation sites (N-methyl/N-ethyl adjacent to an activating group) is 1. The van der Waals surface area contributed by atoms with Gasteiger partial charge in [-0.15, -0.1) is 0 Å². The summed E-state index contributed by atoms with van der Waals surface area (Å²) in [4.78, 5) is 14.1. The zero-order chi connectivity index (χ0) is 16.2. The number of aryl methyl sites for hydroxylation is 1. The van der Waals surface area contributed by atoms with Crippen molar-refractivity contribution in [2.45, 2.75) is 70.9 Å². The largest absolute Gasteiger partial charge is 0.466 e. The number of esters is 1. The fraction of sp³-hybridized carbons (Fsp3) is 0.778. The maximum atomic E-state index is 11.7. The summed E-state index contributed by atoms with van der Waals surface area (Å²) in [5, 5.41) is 4.96. The number of carbonyl (C=O) groups excluding carboxylic acids is 1. The molecule has 3 rings (SSSR count). The van der Waals surface area contributed by atoms with E-state index >= 15 is 0 Å². The minimum Gasteiger partial charge on any atom is -0.466 e. The van der Waals surface area contributed by atoms with Crippen LogP contribution < -0.4 is 0 Å². The molecule has 0 bridgehead atoms. The first-order chi connectivity index (χ1) is 11.2. The van der Waals surface area contributed by atoms with Gasteiger partial charge in [-0.05, 0) is 26.8 Å². The molecule has 0 unspecified atom stereocenters. The van der Waals surface area contributed by atoms with E-state index in [4.69, 9.17) is 9.84 Å². The number of ether oxygens (including phenoxy) is 1. The Morgan fingerprint density at radius 1 is 1.30 bits per heavy atom. The van der Waals surface area contributed by atoms with Gasteiger partial charge in [-0.3, -0.25) is 9.48 Å². The minimum absolute atomic E-state index is 0.121. The van der Waals surface area contributed by atoms with Gasteiger partial charge in [0, 0.05) is 36.7 Å². The summed E-state index contributed by atoms with van der Waals surface area (Å²) in [7, 11) is 2.18. The lowest BCUT2D eigenvalue weighted by Crippen LogP contribution is -2.28. The normalized spacial score (nSPS) is 19.6. The third-order valence-corrected chi connectivity index (χ3v) is 5.18. The van der Waals surface area contributed by atoms with Crippen molar-refractivity contribution in [2.24, 2.45) is 0 Å². The van der Waals surface area contributed by atoms with Crippen LogP contribution >= 0.6 is 0 Å². The van der Waals surface area contributed by atoms with E-state index in [0.717, 1.165) is 19.5 Å². The predicted octanol–water partition coefficient (Wildman–Crippen LogP) is 2.87. The molecule has 1 aromatic rings. The molecule has 0 radical (unpaired) electrons. The molecule has 5 heteroatoms. The highest BCUT2D eigenvalue weighted by molar-refractivity contribution is 5.69. The van der Waals surface area contributed by atoms with E-state index in [1.165, 1.54) is 49.1 Å². The summed E-state index contributed by atoms with van der Waals surface area (Å²) < 4.78 is 7.16.